The standard InChI is InChI=1S/C24H28ClN5O4S/c1-16(34-21-7-5-4-6-20(21)32-3)23-27-28-24(29(23)2)35-15-22(31)26-17-8-9-19(18(25)14-17)30-10-12-33-13-11-30/h4-9,14,16H,10-13,15H2,1-3H3,(H,26,31). The molecule has 0 radical (unpaired) electrons. The number of aromatic nitrogens is 3. The summed E-state index contributed by atoms with van der Waals surface area (Å²) in [6.45, 7) is 4.85. The molecule has 0 saturated carbocycles. The summed E-state index contributed by atoms with van der Waals surface area (Å²) in [6.07, 6.45) is -0.362. The fourth-order valence-electron chi connectivity index (χ4n) is 3.74. The summed E-state index contributed by atoms with van der Waals surface area (Å²) >= 11 is 7.77. The molecule has 1 saturated heterocycles. The number of anilines is 2. The molecule has 1 amide bonds. The average molecular weight is 518 g/mol. The van der Waals surface area contributed by atoms with E-state index in [0.717, 1.165) is 18.8 Å². The van der Waals surface area contributed by atoms with E-state index in [1.807, 2.05) is 54.9 Å². The highest BCUT2D eigenvalue weighted by Crippen LogP contribution is 2.31. The molecule has 9 nitrogen and oxygen atoms in total. The van der Waals surface area contributed by atoms with E-state index in [-0.39, 0.29) is 17.8 Å². The van der Waals surface area contributed by atoms with Crippen LogP contribution in [0.5, 0.6) is 11.5 Å². The summed E-state index contributed by atoms with van der Waals surface area (Å²) in [5.74, 6) is 1.93. The van der Waals surface area contributed by atoms with E-state index in [9.17, 15) is 4.79 Å². The number of thioether (sulfide) groups is 1. The smallest absolute Gasteiger partial charge is 0.234 e. The molecule has 0 spiro atoms. The number of rotatable bonds is 9. The van der Waals surface area contributed by atoms with Crippen LogP contribution in [0.25, 0.3) is 0 Å². The average Bonchev–Trinajstić information content (AvgIpc) is 3.24. The van der Waals surface area contributed by atoms with Gasteiger partial charge in [0.15, 0.2) is 28.6 Å². The molecule has 1 atom stereocenters. The van der Waals surface area contributed by atoms with E-state index in [2.05, 4.69) is 20.4 Å². The molecule has 1 aliphatic rings. The fraction of sp³-hybridized carbons (Fsp3) is 0.375. The minimum absolute atomic E-state index is 0.159. The summed E-state index contributed by atoms with van der Waals surface area (Å²) in [6, 6.07) is 13.0. The number of nitrogens with one attached hydrogen (secondary N) is 1. The predicted molar refractivity (Wildman–Crippen MR) is 137 cm³/mol. The van der Waals surface area contributed by atoms with Gasteiger partial charge in [0, 0.05) is 25.8 Å². The number of halogens is 1. The molecular formula is C24H28ClN5O4S. The van der Waals surface area contributed by atoms with Crippen LogP contribution >= 0.6 is 23.4 Å². The second kappa shape index (κ2) is 11.7. The Morgan fingerprint density at radius 1 is 1.20 bits per heavy atom. The maximum Gasteiger partial charge on any atom is 0.234 e. The quantitative estimate of drug-likeness (QED) is 0.423. The monoisotopic (exact) mass is 517 g/mol. The molecule has 2 aromatic carbocycles. The van der Waals surface area contributed by atoms with Crippen molar-refractivity contribution in [2.24, 2.45) is 7.05 Å². The van der Waals surface area contributed by atoms with Gasteiger partial charge >= 0.3 is 0 Å². The first-order valence-electron chi connectivity index (χ1n) is 11.2. The number of amides is 1. The number of carbonyl (C=O) groups excluding carboxylic acids is 1. The lowest BCUT2D eigenvalue weighted by Crippen LogP contribution is -2.36. The first-order chi connectivity index (χ1) is 17.0. The second-order valence-corrected chi connectivity index (χ2v) is 9.26. The summed E-state index contributed by atoms with van der Waals surface area (Å²) in [7, 11) is 3.45. The van der Waals surface area contributed by atoms with Crippen molar-refractivity contribution in [2.45, 2.75) is 18.2 Å². The van der Waals surface area contributed by atoms with E-state index in [4.69, 9.17) is 25.8 Å². The van der Waals surface area contributed by atoms with Crippen LogP contribution in [0.1, 0.15) is 18.9 Å². The predicted octanol–water partition coefficient (Wildman–Crippen LogP) is 4.18. The lowest BCUT2D eigenvalue weighted by Gasteiger charge is -2.29. The van der Waals surface area contributed by atoms with Crippen LogP contribution in [-0.4, -0.2) is 59.8 Å². The van der Waals surface area contributed by atoms with Gasteiger partial charge in [-0.3, -0.25) is 4.79 Å². The van der Waals surface area contributed by atoms with E-state index in [1.165, 1.54) is 11.8 Å². The zero-order valence-electron chi connectivity index (χ0n) is 19.9. The van der Waals surface area contributed by atoms with Gasteiger partial charge in [-0.2, -0.15) is 0 Å². The lowest BCUT2D eigenvalue weighted by molar-refractivity contribution is -0.113. The van der Waals surface area contributed by atoms with Crippen LogP contribution in [0, 0.1) is 0 Å². The van der Waals surface area contributed by atoms with Crippen LogP contribution in [0.15, 0.2) is 47.6 Å². The number of morpholine rings is 1. The highest BCUT2D eigenvalue weighted by Gasteiger charge is 2.20. The first-order valence-corrected chi connectivity index (χ1v) is 12.6. The summed E-state index contributed by atoms with van der Waals surface area (Å²) in [4.78, 5) is 14.7. The maximum atomic E-state index is 12.5. The van der Waals surface area contributed by atoms with Gasteiger partial charge in [-0.25, -0.2) is 0 Å². The zero-order chi connectivity index (χ0) is 24.8. The summed E-state index contributed by atoms with van der Waals surface area (Å²) in [5.41, 5.74) is 1.59. The SMILES string of the molecule is COc1ccccc1OC(C)c1nnc(SCC(=O)Nc2ccc(N3CCOCC3)c(Cl)c2)n1C. The van der Waals surface area contributed by atoms with Gasteiger partial charge < -0.3 is 29.0 Å². The number of nitrogens with zero attached hydrogens (tertiary/aromatic N) is 4. The molecule has 35 heavy (non-hydrogen) atoms. The van der Waals surface area contributed by atoms with Gasteiger partial charge in [0.25, 0.3) is 0 Å². The van der Waals surface area contributed by atoms with Crippen LogP contribution in [0.4, 0.5) is 11.4 Å². The third-order valence-electron chi connectivity index (χ3n) is 5.52. The second-order valence-electron chi connectivity index (χ2n) is 7.91. The minimum atomic E-state index is -0.362. The molecule has 186 valence electrons. The molecular weight excluding hydrogens is 490 g/mol. The Morgan fingerprint density at radius 3 is 2.66 bits per heavy atom. The third-order valence-corrected chi connectivity index (χ3v) is 6.84. The highest BCUT2D eigenvalue weighted by molar-refractivity contribution is 7.99. The van der Waals surface area contributed by atoms with Crippen LogP contribution in [0.3, 0.4) is 0 Å². The number of para-hydroxylation sites is 2. The van der Waals surface area contributed by atoms with Gasteiger partial charge in [0.1, 0.15) is 0 Å². The van der Waals surface area contributed by atoms with Crippen LogP contribution in [-0.2, 0) is 16.6 Å². The Labute approximate surface area is 213 Å². The molecule has 0 bridgehead atoms. The summed E-state index contributed by atoms with van der Waals surface area (Å²) in [5, 5.41) is 12.6. The Hall–Kier alpha value is -2.95. The maximum absolute atomic E-state index is 12.5. The normalized spacial score (nSPS) is 14.5. The number of carbonyl (C=O) groups is 1. The third kappa shape index (κ3) is 6.19. The van der Waals surface area contributed by atoms with Crippen molar-refractivity contribution in [3.8, 4) is 11.5 Å². The molecule has 4 rings (SSSR count). The zero-order valence-corrected chi connectivity index (χ0v) is 21.4. The van der Waals surface area contributed by atoms with Crippen molar-refractivity contribution < 1.29 is 19.0 Å². The van der Waals surface area contributed by atoms with Gasteiger partial charge in [0.05, 0.1) is 36.8 Å². The van der Waals surface area contributed by atoms with Crippen molar-refractivity contribution in [1.29, 1.82) is 0 Å². The molecule has 11 heteroatoms. The fourth-order valence-corrected chi connectivity index (χ4v) is 4.76. The van der Waals surface area contributed by atoms with Gasteiger partial charge in [-0.15, -0.1) is 10.2 Å². The molecule has 1 fully saturated rings. The number of ether oxygens (including phenoxy) is 3. The van der Waals surface area contributed by atoms with Crippen LogP contribution in [0.2, 0.25) is 5.02 Å². The lowest BCUT2D eigenvalue weighted by atomic mass is 10.2. The van der Waals surface area contributed by atoms with E-state index >= 15 is 0 Å². The van der Waals surface area contributed by atoms with Gasteiger partial charge in [0.2, 0.25) is 5.91 Å². The van der Waals surface area contributed by atoms with Crippen molar-refractivity contribution in [3.05, 3.63) is 53.3 Å². The number of hydrogen-bond acceptors (Lipinski definition) is 8. The Balaban J connectivity index is 1.33. The minimum Gasteiger partial charge on any atom is -0.493 e. The Kier molecular flexibility index (Phi) is 8.37. The molecule has 0 aliphatic carbocycles. The number of hydrogen-bond donors (Lipinski definition) is 1. The van der Waals surface area contributed by atoms with Gasteiger partial charge in [-0.05, 0) is 37.3 Å². The molecule has 3 aromatic rings. The molecule has 1 N–H and O–H groups in total. The molecule has 1 aromatic heterocycles. The topological polar surface area (TPSA) is 90.7 Å². The summed E-state index contributed by atoms with van der Waals surface area (Å²) < 4.78 is 18.6. The van der Waals surface area contributed by atoms with Crippen molar-refractivity contribution in [1.82, 2.24) is 14.8 Å². The first kappa shape index (κ1) is 25.2. The van der Waals surface area contributed by atoms with E-state index in [0.29, 0.717) is 46.4 Å². The van der Waals surface area contributed by atoms with Crippen molar-refractivity contribution in [2.75, 3.05) is 49.4 Å². The molecule has 1 unspecified atom stereocenters. The largest absolute Gasteiger partial charge is 0.493 e. The van der Waals surface area contributed by atoms with Crippen LogP contribution < -0.4 is 19.7 Å². The highest BCUT2D eigenvalue weighted by atomic mass is 35.5. The Morgan fingerprint density at radius 2 is 1.94 bits per heavy atom. The number of benzene rings is 2. The van der Waals surface area contributed by atoms with Crippen molar-refractivity contribution in [3.63, 3.8) is 0 Å². The number of methoxy groups -OCH3 is 1. The Bertz CT molecular complexity index is 1170. The van der Waals surface area contributed by atoms with Gasteiger partial charge in [-0.1, -0.05) is 35.5 Å². The van der Waals surface area contributed by atoms with E-state index < -0.39 is 0 Å². The van der Waals surface area contributed by atoms with Crippen molar-refractivity contribution >= 4 is 40.6 Å². The molecule has 1 aliphatic heterocycles. The van der Waals surface area contributed by atoms with E-state index in [1.54, 1.807) is 13.2 Å². The molecule has 2 heterocycles.